The van der Waals surface area contributed by atoms with E-state index in [0.29, 0.717) is 5.69 Å². The summed E-state index contributed by atoms with van der Waals surface area (Å²) in [7, 11) is -3.69. The molecular weight excluding hydrogens is 621 g/mol. The molecule has 3 atom stereocenters. The van der Waals surface area contributed by atoms with Gasteiger partial charge in [-0.2, -0.15) is 0 Å². The zero-order valence-electron chi connectivity index (χ0n) is 29.2. The second-order valence-electron chi connectivity index (χ2n) is 13.2. The molecule has 4 rings (SSSR count). The largest absolute Gasteiger partial charge is 0.392 e. The fraction of sp³-hybridized carbons (Fsp3) is 0.550. The van der Waals surface area contributed by atoms with Gasteiger partial charge in [0, 0.05) is 24.2 Å². The number of hydrogen-bond acceptors (Lipinski definition) is 6. The first-order valence-corrected chi connectivity index (χ1v) is 19.8. The third kappa shape index (κ3) is 12.6. The van der Waals surface area contributed by atoms with Gasteiger partial charge in [0.05, 0.1) is 23.7 Å². The zero-order chi connectivity index (χ0) is 34.0. The van der Waals surface area contributed by atoms with Gasteiger partial charge in [-0.1, -0.05) is 133 Å². The first kappa shape index (κ1) is 38.1. The predicted molar refractivity (Wildman–Crippen MR) is 195 cm³/mol. The normalized spacial score (nSPS) is 18.3. The van der Waals surface area contributed by atoms with E-state index in [2.05, 4.69) is 23.5 Å². The van der Waals surface area contributed by atoms with E-state index in [1.807, 2.05) is 36.4 Å². The summed E-state index contributed by atoms with van der Waals surface area (Å²) in [5.41, 5.74) is 3.26. The van der Waals surface area contributed by atoms with Gasteiger partial charge < -0.3 is 19.5 Å². The number of benzene rings is 3. The second-order valence-corrected chi connectivity index (χ2v) is 14.9. The van der Waals surface area contributed by atoms with Gasteiger partial charge in [-0.3, -0.25) is 4.72 Å². The number of aliphatic hydroxyl groups is 1. The Labute approximate surface area is 290 Å². The fourth-order valence-electron chi connectivity index (χ4n) is 6.37. The van der Waals surface area contributed by atoms with Crippen LogP contribution in [-0.2, 0) is 26.1 Å². The van der Waals surface area contributed by atoms with E-state index in [9.17, 15) is 13.5 Å². The number of hydrogen-bond donors (Lipinski definition) is 2. The number of nitrogens with zero attached hydrogens (tertiary/aromatic N) is 1. The molecule has 0 amide bonds. The van der Waals surface area contributed by atoms with Crippen molar-refractivity contribution in [2.75, 3.05) is 24.4 Å². The van der Waals surface area contributed by atoms with E-state index in [1.54, 1.807) is 42.5 Å². The molecule has 8 heteroatoms. The highest BCUT2D eigenvalue weighted by Gasteiger charge is 2.33. The molecule has 264 valence electrons. The van der Waals surface area contributed by atoms with Crippen molar-refractivity contribution >= 4 is 15.7 Å². The van der Waals surface area contributed by atoms with Gasteiger partial charge in [0.1, 0.15) is 0 Å². The lowest BCUT2D eigenvalue weighted by Gasteiger charge is -2.38. The summed E-state index contributed by atoms with van der Waals surface area (Å²) in [6.07, 6.45) is 15.3. The van der Waals surface area contributed by atoms with Crippen LogP contribution in [0.25, 0.3) is 0 Å². The summed E-state index contributed by atoms with van der Waals surface area (Å²) in [4.78, 5) is 2.83. The van der Waals surface area contributed by atoms with Crippen molar-refractivity contribution in [3.05, 3.63) is 95.6 Å². The Morgan fingerprint density at radius 3 is 1.85 bits per heavy atom. The maximum absolute atomic E-state index is 12.9. The third-order valence-electron chi connectivity index (χ3n) is 9.22. The minimum atomic E-state index is -3.69. The Morgan fingerprint density at radius 1 is 0.708 bits per heavy atom. The molecule has 3 aromatic carbocycles. The summed E-state index contributed by atoms with van der Waals surface area (Å²) in [5, 5.41) is 9.59. The van der Waals surface area contributed by atoms with Crippen LogP contribution in [0.3, 0.4) is 0 Å². The number of ether oxygens (including phenoxy) is 2. The summed E-state index contributed by atoms with van der Waals surface area (Å²) in [6, 6.07) is 23.7. The summed E-state index contributed by atoms with van der Waals surface area (Å²) in [6.45, 7) is 7.55. The van der Waals surface area contributed by atoms with Crippen LogP contribution < -0.4 is 4.72 Å². The van der Waals surface area contributed by atoms with E-state index in [0.717, 1.165) is 42.7 Å². The second kappa shape index (κ2) is 20.7. The molecule has 1 aliphatic rings. The van der Waals surface area contributed by atoms with Gasteiger partial charge in [-0.25, -0.2) is 8.42 Å². The van der Waals surface area contributed by atoms with Crippen LogP contribution in [0.1, 0.15) is 126 Å². The van der Waals surface area contributed by atoms with E-state index in [4.69, 9.17) is 9.47 Å². The minimum absolute atomic E-state index is 0.00634. The number of unbranched alkanes of at least 4 members (excludes halogenated alkanes) is 10. The van der Waals surface area contributed by atoms with E-state index >= 15 is 0 Å². The predicted octanol–water partition coefficient (Wildman–Crippen LogP) is 9.55. The molecule has 0 spiro atoms. The summed E-state index contributed by atoms with van der Waals surface area (Å²) in [5.74, 6) is 0. The standard InChI is InChI=1S/C40H58N2O5S/c1-3-5-7-9-11-16-28-42(29-17-12-10-8-6-4-2)31-37-30-39(34-22-20-33(32-43)21-23-34)47-40(46-37)35-24-26-36(27-25-35)41-48(44,45)38-18-14-13-15-19-38/h13-15,18-27,37,39-41,43H,3-12,16-17,28-32H2,1-2H3/t37-,39+,40+/m0/s1. The molecule has 0 aliphatic carbocycles. The fourth-order valence-corrected chi connectivity index (χ4v) is 7.45. The van der Waals surface area contributed by atoms with Gasteiger partial charge in [0.25, 0.3) is 10.0 Å². The molecule has 3 aromatic rings. The molecule has 48 heavy (non-hydrogen) atoms. The number of nitrogens with one attached hydrogen (secondary N) is 1. The van der Waals surface area contributed by atoms with Crippen LogP contribution in [-0.4, -0.2) is 44.2 Å². The first-order chi connectivity index (χ1) is 23.4. The lowest BCUT2D eigenvalue weighted by molar-refractivity contribution is -0.253. The molecule has 0 bridgehead atoms. The monoisotopic (exact) mass is 678 g/mol. The molecule has 1 heterocycles. The van der Waals surface area contributed by atoms with E-state index in [1.165, 1.54) is 77.0 Å². The maximum Gasteiger partial charge on any atom is 0.261 e. The molecule has 1 aliphatic heterocycles. The summed E-state index contributed by atoms with van der Waals surface area (Å²) >= 11 is 0. The van der Waals surface area contributed by atoms with E-state index < -0.39 is 16.3 Å². The van der Waals surface area contributed by atoms with Crippen molar-refractivity contribution in [3.8, 4) is 0 Å². The molecule has 0 saturated carbocycles. The SMILES string of the molecule is CCCCCCCCN(CCCCCCCC)C[C@@H]1C[C@H](c2ccc(CO)cc2)O[C@H](c2ccc(NS(=O)(=O)c3ccccc3)cc2)O1. The molecule has 0 aromatic heterocycles. The van der Waals surface area contributed by atoms with Crippen molar-refractivity contribution in [3.63, 3.8) is 0 Å². The van der Waals surface area contributed by atoms with Crippen LogP contribution in [0.5, 0.6) is 0 Å². The Morgan fingerprint density at radius 2 is 1.27 bits per heavy atom. The highest BCUT2D eigenvalue weighted by Crippen LogP contribution is 2.38. The van der Waals surface area contributed by atoms with Crippen molar-refractivity contribution in [2.24, 2.45) is 0 Å². The van der Waals surface area contributed by atoms with Crippen LogP contribution >= 0.6 is 0 Å². The van der Waals surface area contributed by atoms with Crippen LogP contribution in [0.2, 0.25) is 0 Å². The van der Waals surface area contributed by atoms with Crippen molar-refractivity contribution in [1.82, 2.24) is 4.90 Å². The highest BCUT2D eigenvalue weighted by atomic mass is 32.2. The van der Waals surface area contributed by atoms with Gasteiger partial charge in [-0.15, -0.1) is 0 Å². The van der Waals surface area contributed by atoms with Crippen LogP contribution in [0, 0.1) is 0 Å². The van der Waals surface area contributed by atoms with Gasteiger partial charge in [-0.05, 0) is 61.3 Å². The highest BCUT2D eigenvalue weighted by molar-refractivity contribution is 7.92. The Hall–Kier alpha value is -2.75. The Bertz CT molecular complexity index is 1380. The molecule has 1 saturated heterocycles. The molecule has 7 nitrogen and oxygen atoms in total. The molecule has 0 unspecified atom stereocenters. The molecule has 2 N–H and O–H groups in total. The quantitative estimate of drug-likeness (QED) is 0.103. The number of aliphatic hydroxyl groups excluding tert-OH is 1. The average molecular weight is 679 g/mol. The van der Waals surface area contributed by atoms with Crippen LogP contribution in [0.4, 0.5) is 5.69 Å². The van der Waals surface area contributed by atoms with Gasteiger partial charge >= 0.3 is 0 Å². The summed E-state index contributed by atoms with van der Waals surface area (Å²) < 4.78 is 41.7. The molecular formula is C40H58N2O5S. The van der Waals surface area contributed by atoms with Crippen LogP contribution in [0.15, 0.2) is 83.8 Å². The van der Waals surface area contributed by atoms with Crippen molar-refractivity contribution < 1.29 is 23.0 Å². The van der Waals surface area contributed by atoms with Crippen molar-refractivity contribution in [2.45, 2.75) is 127 Å². The smallest absolute Gasteiger partial charge is 0.261 e. The topological polar surface area (TPSA) is 88.1 Å². The molecule has 0 radical (unpaired) electrons. The number of sulfonamides is 1. The Balaban J connectivity index is 1.46. The minimum Gasteiger partial charge on any atom is -0.392 e. The third-order valence-corrected chi connectivity index (χ3v) is 10.6. The first-order valence-electron chi connectivity index (χ1n) is 18.3. The molecule has 1 fully saturated rings. The van der Waals surface area contributed by atoms with E-state index in [-0.39, 0.29) is 23.7 Å². The average Bonchev–Trinajstić information content (AvgIpc) is 3.11. The number of anilines is 1. The lowest BCUT2D eigenvalue weighted by Crippen LogP contribution is -2.40. The van der Waals surface area contributed by atoms with Crippen molar-refractivity contribution in [1.29, 1.82) is 0 Å². The zero-order valence-corrected chi connectivity index (χ0v) is 30.0. The lowest BCUT2D eigenvalue weighted by atomic mass is 9.99. The Kier molecular flexibility index (Phi) is 16.4. The van der Waals surface area contributed by atoms with Gasteiger partial charge in [0.15, 0.2) is 6.29 Å². The maximum atomic E-state index is 12.9. The number of rotatable bonds is 22. The van der Waals surface area contributed by atoms with Gasteiger partial charge in [0.2, 0.25) is 0 Å².